The Labute approximate surface area is 123 Å². The molecule has 1 rings (SSSR count). The Hall–Kier alpha value is -1.53. The normalized spacial score (nSPS) is 13.8. The van der Waals surface area contributed by atoms with E-state index in [1.807, 2.05) is 6.92 Å². The summed E-state index contributed by atoms with van der Waals surface area (Å²) in [6.45, 7) is 9.20. The number of nitrogens with zero attached hydrogens (tertiary/aromatic N) is 2. The molecule has 0 heterocycles. The van der Waals surface area contributed by atoms with E-state index in [0.29, 0.717) is 6.04 Å². The van der Waals surface area contributed by atoms with E-state index in [1.54, 1.807) is 0 Å². The first-order chi connectivity index (χ1) is 9.36. The molecule has 1 N–H and O–H groups in total. The second-order valence-electron chi connectivity index (χ2n) is 6.10. The van der Waals surface area contributed by atoms with E-state index in [2.05, 4.69) is 68.4 Å². The molecule has 1 aromatic carbocycles. The van der Waals surface area contributed by atoms with Crippen LogP contribution in [0.25, 0.3) is 0 Å². The molecule has 20 heavy (non-hydrogen) atoms. The number of benzene rings is 1. The van der Waals surface area contributed by atoms with E-state index < -0.39 is 5.54 Å². The highest BCUT2D eigenvalue weighted by Crippen LogP contribution is 2.17. The minimum Gasteiger partial charge on any atom is -0.375 e. The Morgan fingerprint density at radius 1 is 1.30 bits per heavy atom. The number of rotatable bonds is 7. The monoisotopic (exact) mass is 273 g/mol. The predicted octanol–water partition coefficient (Wildman–Crippen LogP) is 3.49. The molecule has 1 unspecified atom stereocenters. The maximum Gasteiger partial charge on any atom is 0.104 e. The van der Waals surface area contributed by atoms with E-state index in [4.69, 9.17) is 0 Å². The van der Waals surface area contributed by atoms with Crippen LogP contribution in [0.2, 0.25) is 0 Å². The maximum absolute atomic E-state index is 9.32. The van der Waals surface area contributed by atoms with Gasteiger partial charge in [-0.3, -0.25) is 5.32 Å². The third-order valence-electron chi connectivity index (χ3n) is 3.50. The Bertz CT molecular complexity index is 444. The molecular formula is C17H27N3. The fourth-order valence-corrected chi connectivity index (χ4v) is 2.40. The Kier molecular flexibility index (Phi) is 6.04. The van der Waals surface area contributed by atoms with E-state index in [0.717, 1.165) is 19.4 Å². The summed E-state index contributed by atoms with van der Waals surface area (Å²) in [6.07, 6.45) is 1.85. The molecular weight excluding hydrogens is 246 g/mol. The summed E-state index contributed by atoms with van der Waals surface area (Å²) >= 11 is 0. The van der Waals surface area contributed by atoms with Crippen molar-refractivity contribution in [2.75, 3.05) is 18.5 Å². The van der Waals surface area contributed by atoms with Crippen molar-refractivity contribution in [2.24, 2.45) is 0 Å². The smallest absolute Gasteiger partial charge is 0.104 e. The molecule has 0 radical (unpaired) electrons. The van der Waals surface area contributed by atoms with Crippen molar-refractivity contribution in [3.8, 4) is 6.07 Å². The summed E-state index contributed by atoms with van der Waals surface area (Å²) in [5, 5.41) is 12.7. The van der Waals surface area contributed by atoms with Crippen LogP contribution in [0.4, 0.5) is 5.69 Å². The van der Waals surface area contributed by atoms with Gasteiger partial charge in [-0.05, 0) is 52.7 Å². The second-order valence-corrected chi connectivity index (χ2v) is 6.10. The highest BCUT2D eigenvalue weighted by molar-refractivity contribution is 5.46. The van der Waals surface area contributed by atoms with Crippen LogP contribution in [0.1, 0.15) is 39.2 Å². The molecule has 1 atom stereocenters. The standard InChI is InChI=1S/C17H27N3/c1-14(2)19-17(4,13-18)11-6-12-20(5)16-9-7-15(3)8-10-16/h7-10,14,19H,6,11-12H2,1-5H3. The highest BCUT2D eigenvalue weighted by atomic mass is 15.1. The Balaban J connectivity index is 2.47. The van der Waals surface area contributed by atoms with E-state index in [9.17, 15) is 5.26 Å². The SMILES string of the molecule is Cc1ccc(N(C)CCCC(C)(C#N)NC(C)C)cc1. The zero-order chi connectivity index (χ0) is 15.2. The van der Waals surface area contributed by atoms with E-state index >= 15 is 0 Å². The molecule has 0 fully saturated rings. The summed E-state index contributed by atoms with van der Waals surface area (Å²) < 4.78 is 0. The van der Waals surface area contributed by atoms with Crippen molar-refractivity contribution in [3.63, 3.8) is 0 Å². The number of aryl methyl sites for hydroxylation is 1. The molecule has 0 saturated heterocycles. The van der Waals surface area contributed by atoms with Crippen LogP contribution in [0.3, 0.4) is 0 Å². The summed E-state index contributed by atoms with van der Waals surface area (Å²) in [5.41, 5.74) is 2.08. The van der Waals surface area contributed by atoms with Gasteiger partial charge in [0.1, 0.15) is 5.54 Å². The van der Waals surface area contributed by atoms with Crippen LogP contribution < -0.4 is 10.2 Å². The molecule has 0 bridgehead atoms. The number of hydrogen-bond donors (Lipinski definition) is 1. The van der Waals surface area contributed by atoms with Crippen molar-refractivity contribution < 1.29 is 0 Å². The van der Waals surface area contributed by atoms with Crippen LogP contribution >= 0.6 is 0 Å². The van der Waals surface area contributed by atoms with Gasteiger partial charge in [0.15, 0.2) is 0 Å². The second kappa shape index (κ2) is 7.31. The first-order valence-electron chi connectivity index (χ1n) is 7.33. The molecule has 1 aromatic rings. The highest BCUT2D eigenvalue weighted by Gasteiger charge is 2.23. The molecule has 0 aliphatic heterocycles. The third kappa shape index (κ3) is 5.22. The quantitative estimate of drug-likeness (QED) is 0.826. The fraction of sp³-hybridized carbons (Fsp3) is 0.588. The lowest BCUT2D eigenvalue weighted by Crippen LogP contribution is -2.45. The zero-order valence-electron chi connectivity index (χ0n) is 13.4. The largest absolute Gasteiger partial charge is 0.375 e. The topological polar surface area (TPSA) is 39.1 Å². The van der Waals surface area contributed by atoms with Gasteiger partial charge in [-0.15, -0.1) is 0 Å². The number of nitrogens with one attached hydrogen (secondary N) is 1. The summed E-state index contributed by atoms with van der Waals surface area (Å²) in [4.78, 5) is 2.24. The number of anilines is 1. The lowest BCUT2D eigenvalue weighted by Gasteiger charge is -2.27. The first kappa shape index (κ1) is 16.5. The van der Waals surface area contributed by atoms with Gasteiger partial charge in [-0.1, -0.05) is 17.7 Å². The van der Waals surface area contributed by atoms with Gasteiger partial charge >= 0.3 is 0 Å². The number of nitriles is 1. The minimum atomic E-state index is -0.428. The van der Waals surface area contributed by atoms with Crippen molar-refractivity contribution in [1.82, 2.24) is 5.32 Å². The van der Waals surface area contributed by atoms with Gasteiger partial charge in [0.25, 0.3) is 0 Å². The molecule has 0 amide bonds. The Morgan fingerprint density at radius 3 is 2.40 bits per heavy atom. The molecule has 0 spiro atoms. The van der Waals surface area contributed by atoms with Gasteiger partial charge < -0.3 is 4.90 Å². The fourth-order valence-electron chi connectivity index (χ4n) is 2.40. The van der Waals surface area contributed by atoms with Gasteiger partial charge in [0.05, 0.1) is 6.07 Å². The summed E-state index contributed by atoms with van der Waals surface area (Å²) in [7, 11) is 2.10. The van der Waals surface area contributed by atoms with Gasteiger partial charge in [-0.25, -0.2) is 0 Å². The van der Waals surface area contributed by atoms with E-state index in [-0.39, 0.29) is 0 Å². The molecule has 3 heteroatoms. The van der Waals surface area contributed by atoms with Crippen LogP contribution in [0.15, 0.2) is 24.3 Å². The third-order valence-corrected chi connectivity index (χ3v) is 3.50. The molecule has 0 aromatic heterocycles. The molecule has 0 aliphatic carbocycles. The maximum atomic E-state index is 9.32. The first-order valence-corrected chi connectivity index (χ1v) is 7.33. The van der Waals surface area contributed by atoms with Gasteiger partial charge in [-0.2, -0.15) is 5.26 Å². The van der Waals surface area contributed by atoms with Crippen molar-refractivity contribution >= 4 is 5.69 Å². The van der Waals surface area contributed by atoms with Crippen LogP contribution in [-0.2, 0) is 0 Å². The Morgan fingerprint density at radius 2 is 1.90 bits per heavy atom. The van der Waals surface area contributed by atoms with Crippen molar-refractivity contribution in [2.45, 2.75) is 52.1 Å². The van der Waals surface area contributed by atoms with Crippen LogP contribution in [0, 0.1) is 18.3 Å². The van der Waals surface area contributed by atoms with Gasteiger partial charge in [0.2, 0.25) is 0 Å². The van der Waals surface area contributed by atoms with Crippen LogP contribution in [0.5, 0.6) is 0 Å². The van der Waals surface area contributed by atoms with Crippen LogP contribution in [-0.4, -0.2) is 25.2 Å². The average Bonchev–Trinajstić information content (AvgIpc) is 2.38. The summed E-state index contributed by atoms with van der Waals surface area (Å²) in [5.74, 6) is 0. The average molecular weight is 273 g/mol. The van der Waals surface area contributed by atoms with Gasteiger partial charge in [0, 0.05) is 25.3 Å². The van der Waals surface area contributed by atoms with Crippen molar-refractivity contribution in [1.29, 1.82) is 5.26 Å². The minimum absolute atomic E-state index is 0.328. The molecule has 0 aliphatic rings. The lowest BCUT2D eigenvalue weighted by molar-refractivity contribution is 0.375. The van der Waals surface area contributed by atoms with Crippen molar-refractivity contribution in [3.05, 3.63) is 29.8 Å². The zero-order valence-corrected chi connectivity index (χ0v) is 13.4. The summed E-state index contributed by atoms with van der Waals surface area (Å²) in [6, 6.07) is 11.3. The molecule has 3 nitrogen and oxygen atoms in total. The number of hydrogen-bond acceptors (Lipinski definition) is 3. The van der Waals surface area contributed by atoms with E-state index in [1.165, 1.54) is 11.3 Å². The predicted molar refractivity (Wildman–Crippen MR) is 86.0 cm³/mol. The molecule has 110 valence electrons. The lowest BCUT2D eigenvalue weighted by atomic mass is 9.96. The molecule has 0 saturated carbocycles.